The normalized spacial score (nSPS) is 18.9. The third-order valence-electron chi connectivity index (χ3n) is 3.37. The molecule has 0 spiro atoms. The predicted molar refractivity (Wildman–Crippen MR) is 69.3 cm³/mol. The Morgan fingerprint density at radius 2 is 2.06 bits per heavy atom. The molecule has 0 saturated carbocycles. The Kier molecular flexibility index (Phi) is 4.49. The quantitative estimate of drug-likeness (QED) is 0.758. The average molecular weight is 253 g/mol. The summed E-state index contributed by atoms with van der Waals surface area (Å²) >= 11 is 0. The van der Waals surface area contributed by atoms with Crippen LogP contribution in [0.15, 0.2) is 18.2 Å². The van der Waals surface area contributed by atoms with E-state index in [1.165, 1.54) is 6.07 Å². The average Bonchev–Trinajstić information content (AvgIpc) is 2.39. The molecular weight excluding hydrogens is 233 g/mol. The number of hydrogen-bond donors (Lipinski definition) is 0. The van der Waals surface area contributed by atoms with E-state index in [4.69, 9.17) is 4.74 Å². The standard InChI is InChI=1S/C13H20FN3O/c1-11(10-18-2)16-6-8-17(9-7-16)13-5-3-4-12(14)15-13/h3-5,11H,6-10H2,1-2H3/t11-/m1/s1. The van der Waals surface area contributed by atoms with Crippen LogP contribution in [0.3, 0.4) is 0 Å². The molecule has 100 valence electrons. The van der Waals surface area contributed by atoms with Gasteiger partial charge in [-0.2, -0.15) is 4.39 Å². The van der Waals surface area contributed by atoms with E-state index in [1.807, 2.05) is 6.07 Å². The number of halogens is 1. The monoisotopic (exact) mass is 253 g/mol. The van der Waals surface area contributed by atoms with Crippen LogP contribution in [-0.4, -0.2) is 55.8 Å². The van der Waals surface area contributed by atoms with E-state index in [2.05, 4.69) is 21.7 Å². The fourth-order valence-corrected chi connectivity index (χ4v) is 2.31. The Balaban J connectivity index is 1.90. The van der Waals surface area contributed by atoms with Crippen LogP contribution in [0.2, 0.25) is 0 Å². The molecular formula is C13H20FN3O. The summed E-state index contributed by atoms with van der Waals surface area (Å²) in [7, 11) is 1.73. The topological polar surface area (TPSA) is 28.6 Å². The van der Waals surface area contributed by atoms with Crippen molar-refractivity contribution in [3.63, 3.8) is 0 Å². The van der Waals surface area contributed by atoms with E-state index in [0.29, 0.717) is 6.04 Å². The molecule has 0 radical (unpaired) electrons. The Bertz CT molecular complexity index is 380. The molecule has 18 heavy (non-hydrogen) atoms. The lowest BCUT2D eigenvalue weighted by Gasteiger charge is -2.38. The second-order valence-corrected chi connectivity index (χ2v) is 4.65. The Labute approximate surface area is 107 Å². The number of rotatable bonds is 4. The van der Waals surface area contributed by atoms with Gasteiger partial charge < -0.3 is 9.64 Å². The zero-order chi connectivity index (χ0) is 13.0. The molecule has 1 aliphatic heterocycles. The SMILES string of the molecule is COC[C@@H](C)N1CCN(c2cccc(F)n2)CC1. The van der Waals surface area contributed by atoms with Crippen LogP contribution in [0.25, 0.3) is 0 Å². The fraction of sp³-hybridized carbons (Fsp3) is 0.615. The molecule has 0 bridgehead atoms. The minimum Gasteiger partial charge on any atom is -0.383 e. The molecule has 1 atom stereocenters. The fourth-order valence-electron chi connectivity index (χ4n) is 2.31. The number of methoxy groups -OCH3 is 1. The Morgan fingerprint density at radius 1 is 1.33 bits per heavy atom. The summed E-state index contributed by atoms with van der Waals surface area (Å²) in [6, 6.07) is 5.37. The van der Waals surface area contributed by atoms with Gasteiger partial charge in [-0.25, -0.2) is 4.98 Å². The lowest BCUT2D eigenvalue weighted by Crippen LogP contribution is -2.51. The van der Waals surface area contributed by atoms with Gasteiger partial charge >= 0.3 is 0 Å². The molecule has 0 N–H and O–H groups in total. The van der Waals surface area contributed by atoms with Crippen LogP contribution in [0, 0.1) is 5.95 Å². The summed E-state index contributed by atoms with van der Waals surface area (Å²) in [5.41, 5.74) is 0. The Morgan fingerprint density at radius 3 is 2.67 bits per heavy atom. The van der Waals surface area contributed by atoms with Gasteiger partial charge in [-0.3, -0.25) is 4.90 Å². The van der Waals surface area contributed by atoms with E-state index < -0.39 is 5.95 Å². The molecule has 0 amide bonds. The molecule has 0 unspecified atom stereocenters. The molecule has 1 saturated heterocycles. The molecule has 1 aliphatic rings. The van der Waals surface area contributed by atoms with Gasteiger partial charge in [0.25, 0.3) is 0 Å². The third kappa shape index (κ3) is 3.17. The van der Waals surface area contributed by atoms with Crippen LogP contribution < -0.4 is 4.90 Å². The maximum atomic E-state index is 13.1. The highest BCUT2D eigenvalue weighted by Crippen LogP contribution is 2.15. The van der Waals surface area contributed by atoms with Crippen LogP contribution in [0.5, 0.6) is 0 Å². The maximum absolute atomic E-state index is 13.1. The second kappa shape index (κ2) is 6.11. The summed E-state index contributed by atoms with van der Waals surface area (Å²) in [6.45, 7) is 6.60. The first-order chi connectivity index (χ1) is 8.70. The summed E-state index contributed by atoms with van der Waals surface area (Å²) in [5.74, 6) is 0.316. The van der Waals surface area contributed by atoms with Crippen molar-refractivity contribution in [3.05, 3.63) is 24.1 Å². The molecule has 0 aromatic carbocycles. The Hall–Kier alpha value is -1.20. The molecule has 2 rings (SSSR count). The number of ether oxygens (including phenoxy) is 1. The number of pyridine rings is 1. The number of anilines is 1. The van der Waals surface area contributed by atoms with E-state index in [0.717, 1.165) is 38.6 Å². The van der Waals surface area contributed by atoms with Crippen LogP contribution in [-0.2, 0) is 4.74 Å². The van der Waals surface area contributed by atoms with E-state index >= 15 is 0 Å². The van der Waals surface area contributed by atoms with Gasteiger partial charge in [0.05, 0.1) is 6.61 Å². The van der Waals surface area contributed by atoms with Crippen molar-refractivity contribution in [2.45, 2.75) is 13.0 Å². The van der Waals surface area contributed by atoms with Gasteiger partial charge in [-0.15, -0.1) is 0 Å². The minimum absolute atomic E-state index is 0.414. The number of nitrogens with zero attached hydrogens (tertiary/aromatic N) is 3. The van der Waals surface area contributed by atoms with Crippen LogP contribution >= 0.6 is 0 Å². The highest BCUT2D eigenvalue weighted by molar-refractivity contribution is 5.38. The van der Waals surface area contributed by atoms with Crippen LogP contribution in [0.4, 0.5) is 10.2 Å². The van der Waals surface area contributed by atoms with Gasteiger partial charge in [-0.05, 0) is 19.1 Å². The van der Waals surface area contributed by atoms with E-state index in [-0.39, 0.29) is 0 Å². The van der Waals surface area contributed by atoms with Gasteiger partial charge in [-0.1, -0.05) is 6.07 Å². The number of hydrogen-bond acceptors (Lipinski definition) is 4. The van der Waals surface area contributed by atoms with Crippen LogP contribution in [0.1, 0.15) is 6.92 Å². The van der Waals surface area contributed by atoms with Crippen molar-refractivity contribution in [3.8, 4) is 0 Å². The van der Waals surface area contributed by atoms with Gasteiger partial charge in [0.15, 0.2) is 0 Å². The number of piperazine rings is 1. The molecule has 2 heterocycles. The molecule has 5 heteroatoms. The second-order valence-electron chi connectivity index (χ2n) is 4.65. The van der Waals surface area contributed by atoms with Crippen molar-refractivity contribution >= 4 is 5.82 Å². The van der Waals surface area contributed by atoms with Gasteiger partial charge in [0.2, 0.25) is 5.95 Å². The molecule has 1 aromatic rings. The largest absolute Gasteiger partial charge is 0.383 e. The highest BCUT2D eigenvalue weighted by atomic mass is 19.1. The third-order valence-corrected chi connectivity index (χ3v) is 3.37. The zero-order valence-electron chi connectivity index (χ0n) is 11.0. The van der Waals surface area contributed by atoms with E-state index in [1.54, 1.807) is 13.2 Å². The van der Waals surface area contributed by atoms with Crippen molar-refractivity contribution in [2.75, 3.05) is 44.8 Å². The minimum atomic E-state index is -0.414. The molecule has 1 fully saturated rings. The maximum Gasteiger partial charge on any atom is 0.214 e. The first-order valence-electron chi connectivity index (χ1n) is 6.31. The first-order valence-corrected chi connectivity index (χ1v) is 6.31. The van der Waals surface area contributed by atoms with Gasteiger partial charge in [0, 0.05) is 39.3 Å². The van der Waals surface area contributed by atoms with Gasteiger partial charge in [0.1, 0.15) is 5.82 Å². The lowest BCUT2D eigenvalue weighted by atomic mass is 10.2. The summed E-state index contributed by atoms with van der Waals surface area (Å²) in [6.07, 6.45) is 0. The predicted octanol–water partition coefficient (Wildman–Crippen LogP) is 1.38. The number of aromatic nitrogens is 1. The first kappa shape index (κ1) is 13.2. The highest BCUT2D eigenvalue weighted by Gasteiger charge is 2.21. The summed E-state index contributed by atoms with van der Waals surface area (Å²) in [4.78, 5) is 8.43. The smallest absolute Gasteiger partial charge is 0.214 e. The van der Waals surface area contributed by atoms with Crippen molar-refractivity contribution in [1.82, 2.24) is 9.88 Å². The summed E-state index contributed by atoms with van der Waals surface area (Å²) < 4.78 is 18.2. The summed E-state index contributed by atoms with van der Waals surface area (Å²) in [5, 5.41) is 0. The molecule has 4 nitrogen and oxygen atoms in total. The van der Waals surface area contributed by atoms with Crippen molar-refractivity contribution in [1.29, 1.82) is 0 Å². The van der Waals surface area contributed by atoms with Crippen molar-refractivity contribution in [2.24, 2.45) is 0 Å². The lowest BCUT2D eigenvalue weighted by molar-refractivity contribution is 0.0952. The molecule has 1 aromatic heterocycles. The van der Waals surface area contributed by atoms with Crippen molar-refractivity contribution < 1.29 is 9.13 Å². The zero-order valence-corrected chi connectivity index (χ0v) is 11.0. The van der Waals surface area contributed by atoms with E-state index in [9.17, 15) is 4.39 Å². The molecule has 0 aliphatic carbocycles.